The zero-order chi connectivity index (χ0) is 11.7. The zero-order valence-electron chi connectivity index (χ0n) is 9.13. The van der Waals surface area contributed by atoms with Gasteiger partial charge in [-0.2, -0.15) is 0 Å². The summed E-state index contributed by atoms with van der Waals surface area (Å²) in [5.41, 5.74) is 4.00. The van der Waals surface area contributed by atoms with E-state index in [0.29, 0.717) is 4.83 Å². The Hall–Kier alpha value is -0.120. The van der Waals surface area contributed by atoms with Gasteiger partial charge in [0.1, 0.15) is 0 Å². The third-order valence-electron chi connectivity index (χ3n) is 2.54. The van der Waals surface area contributed by atoms with Gasteiger partial charge in [-0.05, 0) is 53.0 Å². The molecule has 1 aromatic carbocycles. The zero-order valence-corrected chi connectivity index (χ0v) is 13.1. The van der Waals surface area contributed by atoms with Gasteiger partial charge in [0.05, 0.1) is 8.61 Å². The summed E-state index contributed by atoms with van der Waals surface area (Å²) in [7, 11) is 0. The molecule has 1 unspecified atom stereocenters. The highest BCUT2D eigenvalue weighted by Gasteiger charge is 2.14. The number of halogens is 2. The van der Waals surface area contributed by atoms with Gasteiger partial charge in [0.2, 0.25) is 0 Å². The second kappa shape index (κ2) is 5.03. The lowest BCUT2D eigenvalue weighted by atomic mass is 10.0. The van der Waals surface area contributed by atoms with Crippen LogP contribution in [0.25, 0.3) is 0 Å². The van der Waals surface area contributed by atoms with E-state index in [1.165, 1.54) is 25.4 Å². The molecule has 1 aromatic heterocycles. The predicted octanol–water partition coefficient (Wildman–Crippen LogP) is 5.61. The van der Waals surface area contributed by atoms with Crippen LogP contribution in [-0.4, -0.2) is 0 Å². The fourth-order valence-electron chi connectivity index (χ4n) is 1.73. The van der Waals surface area contributed by atoms with Gasteiger partial charge in [-0.15, -0.1) is 11.3 Å². The molecule has 0 amide bonds. The molecule has 0 radical (unpaired) electrons. The molecule has 1 atom stereocenters. The Morgan fingerprint density at radius 3 is 2.44 bits per heavy atom. The fourth-order valence-corrected chi connectivity index (χ4v) is 4.10. The van der Waals surface area contributed by atoms with Crippen LogP contribution >= 0.6 is 43.2 Å². The average molecular weight is 360 g/mol. The van der Waals surface area contributed by atoms with E-state index in [2.05, 4.69) is 76.0 Å². The van der Waals surface area contributed by atoms with Crippen molar-refractivity contribution in [2.45, 2.75) is 18.7 Å². The van der Waals surface area contributed by atoms with Crippen molar-refractivity contribution in [1.29, 1.82) is 0 Å². The first kappa shape index (κ1) is 12.3. The third-order valence-corrected chi connectivity index (χ3v) is 5.52. The second-order valence-electron chi connectivity index (χ2n) is 3.86. The van der Waals surface area contributed by atoms with E-state index in [1.54, 1.807) is 11.3 Å². The van der Waals surface area contributed by atoms with Gasteiger partial charge >= 0.3 is 0 Å². The van der Waals surface area contributed by atoms with Gasteiger partial charge < -0.3 is 0 Å². The fraction of sp³-hybridized carbons (Fsp3) is 0.231. The van der Waals surface area contributed by atoms with E-state index < -0.39 is 0 Å². The van der Waals surface area contributed by atoms with Crippen LogP contribution in [0.2, 0.25) is 0 Å². The average Bonchev–Trinajstić information content (AvgIpc) is 2.64. The van der Waals surface area contributed by atoms with E-state index in [1.807, 2.05) is 0 Å². The molecule has 3 heteroatoms. The van der Waals surface area contributed by atoms with Gasteiger partial charge in [0, 0.05) is 4.88 Å². The molecule has 0 aliphatic rings. The van der Waals surface area contributed by atoms with Gasteiger partial charge in [0.25, 0.3) is 0 Å². The minimum Gasteiger partial charge on any atom is -0.132 e. The molecule has 0 nitrogen and oxygen atoms in total. The summed E-state index contributed by atoms with van der Waals surface area (Å²) in [5.74, 6) is 0. The Labute approximate surface area is 117 Å². The number of rotatable bonds is 2. The summed E-state index contributed by atoms with van der Waals surface area (Å²) in [6.45, 7) is 4.29. The van der Waals surface area contributed by atoms with Gasteiger partial charge in [-0.1, -0.05) is 39.7 Å². The van der Waals surface area contributed by atoms with Gasteiger partial charge in [0.15, 0.2) is 0 Å². The van der Waals surface area contributed by atoms with Crippen molar-refractivity contribution in [2.24, 2.45) is 0 Å². The summed E-state index contributed by atoms with van der Waals surface area (Å²) in [5, 5.41) is 0. The normalized spacial score (nSPS) is 12.8. The highest BCUT2D eigenvalue weighted by molar-refractivity contribution is 9.11. The molecular weight excluding hydrogens is 348 g/mol. The number of thiophene rings is 1. The minimum absolute atomic E-state index is 0.296. The maximum absolute atomic E-state index is 3.77. The summed E-state index contributed by atoms with van der Waals surface area (Å²) in [4.78, 5) is 1.63. The first-order valence-electron chi connectivity index (χ1n) is 5.04. The molecule has 84 valence electrons. The molecular formula is C13H12Br2S. The third kappa shape index (κ3) is 2.58. The van der Waals surface area contributed by atoms with E-state index >= 15 is 0 Å². The van der Waals surface area contributed by atoms with Crippen molar-refractivity contribution in [1.82, 2.24) is 0 Å². The van der Waals surface area contributed by atoms with E-state index in [4.69, 9.17) is 0 Å². The number of hydrogen-bond acceptors (Lipinski definition) is 1. The quantitative estimate of drug-likeness (QED) is 0.611. The summed E-state index contributed by atoms with van der Waals surface area (Å²) >= 11 is 9.05. The lowest BCUT2D eigenvalue weighted by Gasteiger charge is -2.12. The van der Waals surface area contributed by atoms with Gasteiger partial charge in [-0.3, -0.25) is 0 Å². The lowest BCUT2D eigenvalue weighted by molar-refractivity contribution is 1.17. The van der Waals surface area contributed by atoms with E-state index in [0.717, 1.165) is 0 Å². The maximum atomic E-state index is 3.77. The Morgan fingerprint density at radius 1 is 1.12 bits per heavy atom. The second-order valence-corrected chi connectivity index (χ2v) is 7.27. The van der Waals surface area contributed by atoms with E-state index in [-0.39, 0.29) is 0 Å². The molecule has 1 heterocycles. The van der Waals surface area contributed by atoms with Crippen molar-refractivity contribution in [3.63, 3.8) is 0 Å². The Bertz CT molecular complexity index is 502. The molecule has 0 bridgehead atoms. The first-order chi connectivity index (χ1) is 7.58. The Kier molecular flexibility index (Phi) is 3.88. The molecule has 0 aliphatic carbocycles. The van der Waals surface area contributed by atoms with Gasteiger partial charge in [-0.25, -0.2) is 0 Å². The number of aryl methyl sites for hydroxylation is 2. The van der Waals surface area contributed by atoms with Crippen molar-refractivity contribution in [3.05, 3.63) is 55.7 Å². The molecule has 0 spiro atoms. The number of benzene rings is 1. The van der Waals surface area contributed by atoms with E-state index in [9.17, 15) is 0 Å². The van der Waals surface area contributed by atoms with Crippen LogP contribution in [-0.2, 0) is 0 Å². The summed E-state index contributed by atoms with van der Waals surface area (Å²) in [6.07, 6.45) is 0. The minimum atomic E-state index is 0.296. The molecule has 0 saturated heterocycles. The van der Waals surface area contributed by atoms with Crippen molar-refractivity contribution in [3.8, 4) is 0 Å². The lowest BCUT2D eigenvalue weighted by Crippen LogP contribution is -1.93. The molecule has 0 N–H and O–H groups in total. The Morgan fingerprint density at radius 2 is 1.88 bits per heavy atom. The maximum Gasteiger partial charge on any atom is 0.0741 e. The van der Waals surface area contributed by atoms with Crippen LogP contribution in [0.4, 0.5) is 0 Å². The summed E-state index contributed by atoms with van der Waals surface area (Å²) in [6, 6.07) is 10.9. The van der Waals surface area contributed by atoms with Crippen LogP contribution in [0.5, 0.6) is 0 Å². The Balaban J connectivity index is 2.37. The molecule has 16 heavy (non-hydrogen) atoms. The van der Waals surface area contributed by atoms with Crippen molar-refractivity contribution >= 4 is 43.2 Å². The topological polar surface area (TPSA) is 0 Å². The van der Waals surface area contributed by atoms with Crippen molar-refractivity contribution in [2.75, 3.05) is 0 Å². The smallest absolute Gasteiger partial charge is 0.0741 e. The van der Waals surface area contributed by atoms with Crippen molar-refractivity contribution < 1.29 is 0 Å². The molecule has 0 aliphatic heterocycles. The monoisotopic (exact) mass is 358 g/mol. The van der Waals surface area contributed by atoms with Crippen LogP contribution < -0.4 is 0 Å². The molecule has 0 saturated carbocycles. The summed E-state index contributed by atoms with van der Waals surface area (Å²) < 4.78 is 1.18. The SMILES string of the molecule is Cc1ccc(C(Br)c2ccc(Br)s2)c(C)c1. The molecule has 0 fully saturated rings. The van der Waals surface area contributed by atoms with Crippen LogP contribution in [0.1, 0.15) is 26.4 Å². The van der Waals surface area contributed by atoms with Crippen LogP contribution in [0, 0.1) is 13.8 Å². The largest absolute Gasteiger partial charge is 0.132 e. The number of alkyl halides is 1. The van der Waals surface area contributed by atoms with Crippen LogP contribution in [0.3, 0.4) is 0 Å². The molecule has 2 aromatic rings. The molecule has 2 rings (SSSR count). The highest BCUT2D eigenvalue weighted by atomic mass is 79.9. The highest BCUT2D eigenvalue weighted by Crippen LogP contribution is 2.38. The standard InChI is InChI=1S/C13H12Br2S/c1-8-3-4-10(9(2)7-8)13(15)11-5-6-12(14)16-11/h3-7,13H,1-2H3. The first-order valence-corrected chi connectivity index (χ1v) is 7.57. The predicted molar refractivity (Wildman–Crippen MR) is 78.7 cm³/mol. The number of hydrogen-bond donors (Lipinski definition) is 0. The van der Waals surface area contributed by atoms with Crippen LogP contribution in [0.15, 0.2) is 34.1 Å².